The van der Waals surface area contributed by atoms with Gasteiger partial charge in [-0.3, -0.25) is 4.57 Å². The highest BCUT2D eigenvalue weighted by molar-refractivity contribution is 7.71. The van der Waals surface area contributed by atoms with Gasteiger partial charge in [0.1, 0.15) is 11.4 Å². The van der Waals surface area contributed by atoms with Crippen LogP contribution in [-0.4, -0.2) is 29.7 Å². The average molecular weight is 330 g/mol. The van der Waals surface area contributed by atoms with Gasteiger partial charge in [0.25, 0.3) is 0 Å². The molecule has 0 unspecified atom stereocenters. The summed E-state index contributed by atoms with van der Waals surface area (Å²) < 4.78 is 17.6. The van der Waals surface area contributed by atoms with Gasteiger partial charge in [-0.05, 0) is 48.6 Å². The molecule has 0 amide bonds. The number of aromatic nitrogens is 2. The van der Waals surface area contributed by atoms with E-state index >= 15 is 0 Å². The fraction of sp³-hybridized carbons (Fsp3) is 0.125. The maximum Gasteiger partial charge on any atom is 0.373 e. The van der Waals surface area contributed by atoms with Gasteiger partial charge in [0, 0.05) is 11.9 Å². The van der Waals surface area contributed by atoms with E-state index in [1.807, 2.05) is 35.0 Å². The summed E-state index contributed by atoms with van der Waals surface area (Å²) in [4.78, 5) is 14.5. The van der Waals surface area contributed by atoms with Crippen LogP contribution in [0.25, 0.3) is 17.1 Å². The normalized spacial score (nSPS) is 10.5. The fourth-order valence-corrected chi connectivity index (χ4v) is 2.42. The summed E-state index contributed by atoms with van der Waals surface area (Å²) in [5, 5.41) is 0. The van der Waals surface area contributed by atoms with Crippen LogP contribution in [-0.2, 0) is 4.74 Å². The summed E-state index contributed by atoms with van der Waals surface area (Å²) >= 11 is 5.34. The van der Waals surface area contributed by atoms with Gasteiger partial charge in [0.05, 0.1) is 14.2 Å². The van der Waals surface area contributed by atoms with Crippen molar-refractivity contribution < 1.29 is 18.7 Å². The first kappa shape index (κ1) is 15.1. The number of esters is 1. The SMILES string of the molecule is COC(=O)c1ccc(-c2cn(-c3ccc(OC)cc3)c(=S)[nH]2)o1. The smallest absolute Gasteiger partial charge is 0.373 e. The van der Waals surface area contributed by atoms with Crippen molar-refractivity contribution in [1.82, 2.24) is 9.55 Å². The zero-order chi connectivity index (χ0) is 16.4. The van der Waals surface area contributed by atoms with Crippen molar-refractivity contribution >= 4 is 18.2 Å². The second kappa shape index (κ2) is 6.13. The highest BCUT2D eigenvalue weighted by Gasteiger charge is 2.14. The van der Waals surface area contributed by atoms with E-state index in [0.717, 1.165) is 11.4 Å². The molecule has 3 rings (SSSR count). The Bertz CT molecular complexity index is 889. The van der Waals surface area contributed by atoms with E-state index in [2.05, 4.69) is 9.72 Å². The Morgan fingerprint density at radius 3 is 2.57 bits per heavy atom. The van der Waals surface area contributed by atoms with Gasteiger partial charge in [-0.15, -0.1) is 0 Å². The Morgan fingerprint density at radius 1 is 1.17 bits per heavy atom. The lowest BCUT2D eigenvalue weighted by Crippen LogP contribution is -1.98. The highest BCUT2D eigenvalue weighted by Crippen LogP contribution is 2.23. The molecule has 0 bridgehead atoms. The first-order valence-corrected chi connectivity index (χ1v) is 7.18. The zero-order valence-electron chi connectivity index (χ0n) is 12.5. The molecule has 2 aromatic heterocycles. The van der Waals surface area contributed by atoms with Gasteiger partial charge in [0.15, 0.2) is 10.5 Å². The van der Waals surface area contributed by atoms with E-state index in [1.54, 1.807) is 19.2 Å². The second-order valence-electron chi connectivity index (χ2n) is 4.70. The zero-order valence-corrected chi connectivity index (χ0v) is 13.3. The maximum absolute atomic E-state index is 11.4. The van der Waals surface area contributed by atoms with Crippen LogP contribution in [0, 0.1) is 4.77 Å². The predicted octanol–water partition coefficient (Wildman–Crippen LogP) is 3.59. The van der Waals surface area contributed by atoms with Crippen LogP contribution in [0.1, 0.15) is 10.6 Å². The van der Waals surface area contributed by atoms with Crippen molar-refractivity contribution in [2.24, 2.45) is 0 Å². The van der Waals surface area contributed by atoms with Crippen molar-refractivity contribution in [2.45, 2.75) is 0 Å². The number of furan rings is 1. The Hall–Kier alpha value is -2.80. The topological polar surface area (TPSA) is 69.4 Å². The number of carbonyl (C=O) groups excluding carboxylic acids is 1. The fourth-order valence-electron chi connectivity index (χ4n) is 2.15. The van der Waals surface area contributed by atoms with Gasteiger partial charge >= 0.3 is 5.97 Å². The largest absolute Gasteiger partial charge is 0.497 e. The number of rotatable bonds is 4. The molecule has 0 aliphatic rings. The number of hydrogen-bond donors (Lipinski definition) is 1. The van der Waals surface area contributed by atoms with Crippen LogP contribution in [0.2, 0.25) is 0 Å². The summed E-state index contributed by atoms with van der Waals surface area (Å²) in [5.41, 5.74) is 1.55. The third kappa shape index (κ3) is 2.91. The van der Waals surface area contributed by atoms with Crippen molar-refractivity contribution in [3.05, 3.63) is 53.1 Å². The molecule has 0 saturated heterocycles. The molecule has 3 aromatic rings. The summed E-state index contributed by atoms with van der Waals surface area (Å²) in [6.45, 7) is 0. The number of nitrogens with one attached hydrogen (secondary N) is 1. The van der Waals surface area contributed by atoms with Crippen LogP contribution in [0.5, 0.6) is 5.75 Å². The van der Waals surface area contributed by atoms with E-state index in [4.69, 9.17) is 21.4 Å². The van der Waals surface area contributed by atoms with Crippen LogP contribution >= 0.6 is 12.2 Å². The standard InChI is InChI=1S/C16H14N2O4S/c1-20-11-5-3-10(4-6-11)18-9-12(17-16(18)23)13-7-8-14(22-13)15(19)21-2/h3-9H,1-2H3,(H,17,23). The molecule has 23 heavy (non-hydrogen) atoms. The minimum Gasteiger partial charge on any atom is -0.497 e. The molecular weight excluding hydrogens is 316 g/mol. The Morgan fingerprint density at radius 2 is 1.91 bits per heavy atom. The molecular formula is C16H14N2O4S. The Balaban J connectivity index is 1.95. The third-order valence-corrected chi connectivity index (χ3v) is 3.63. The lowest BCUT2D eigenvalue weighted by molar-refractivity contribution is 0.0566. The van der Waals surface area contributed by atoms with Crippen molar-refractivity contribution in [3.8, 4) is 22.9 Å². The lowest BCUT2D eigenvalue weighted by atomic mass is 10.3. The Kier molecular flexibility index (Phi) is 4.03. The minimum absolute atomic E-state index is 0.138. The van der Waals surface area contributed by atoms with Crippen molar-refractivity contribution in [1.29, 1.82) is 0 Å². The molecule has 6 nitrogen and oxygen atoms in total. The van der Waals surface area contributed by atoms with Gasteiger partial charge in [0.2, 0.25) is 5.76 Å². The van der Waals surface area contributed by atoms with Crippen LogP contribution in [0.15, 0.2) is 47.0 Å². The molecule has 7 heteroatoms. The summed E-state index contributed by atoms with van der Waals surface area (Å²) in [5.74, 6) is 0.886. The van der Waals surface area contributed by atoms with E-state index in [9.17, 15) is 4.79 Å². The number of hydrogen-bond acceptors (Lipinski definition) is 5. The molecule has 1 aromatic carbocycles. The molecule has 0 fully saturated rings. The number of aromatic amines is 1. The molecule has 2 heterocycles. The van der Waals surface area contributed by atoms with Crippen molar-refractivity contribution in [3.63, 3.8) is 0 Å². The number of methoxy groups -OCH3 is 2. The minimum atomic E-state index is -0.524. The van der Waals surface area contributed by atoms with Crippen LogP contribution in [0.4, 0.5) is 0 Å². The van der Waals surface area contributed by atoms with Gasteiger partial charge in [-0.1, -0.05) is 0 Å². The van der Waals surface area contributed by atoms with Gasteiger partial charge in [-0.25, -0.2) is 4.79 Å². The summed E-state index contributed by atoms with van der Waals surface area (Å²) in [6.07, 6.45) is 1.81. The lowest BCUT2D eigenvalue weighted by Gasteiger charge is -2.03. The van der Waals surface area contributed by atoms with E-state index in [-0.39, 0.29) is 5.76 Å². The quantitative estimate of drug-likeness (QED) is 0.585. The molecule has 0 atom stereocenters. The second-order valence-corrected chi connectivity index (χ2v) is 5.08. The number of H-pyrrole nitrogens is 1. The number of imidazole rings is 1. The number of ether oxygens (including phenoxy) is 2. The van der Waals surface area contributed by atoms with E-state index < -0.39 is 5.97 Å². The van der Waals surface area contributed by atoms with Gasteiger partial charge in [-0.2, -0.15) is 0 Å². The van der Waals surface area contributed by atoms with E-state index in [0.29, 0.717) is 16.2 Å². The maximum atomic E-state index is 11.4. The molecule has 118 valence electrons. The van der Waals surface area contributed by atoms with E-state index in [1.165, 1.54) is 7.11 Å². The predicted molar refractivity (Wildman–Crippen MR) is 86.5 cm³/mol. The molecule has 1 N–H and O–H groups in total. The molecule has 0 aliphatic carbocycles. The third-order valence-electron chi connectivity index (χ3n) is 3.33. The van der Waals surface area contributed by atoms with Gasteiger partial charge < -0.3 is 18.9 Å². The molecule has 0 aliphatic heterocycles. The van der Waals surface area contributed by atoms with Crippen LogP contribution < -0.4 is 4.74 Å². The molecule has 0 saturated carbocycles. The summed E-state index contributed by atoms with van der Waals surface area (Å²) in [7, 11) is 2.92. The van der Waals surface area contributed by atoms with Crippen LogP contribution in [0.3, 0.4) is 0 Å². The molecule has 0 radical (unpaired) electrons. The number of carbonyl (C=O) groups is 1. The summed E-state index contributed by atoms with van der Waals surface area (Å²) in [6, 6.07) is 10.7. The number of benzene rings is 1. The first-order valence-electron chi connectivity index (χ1n) is 6.77. The van der Waals surface area contributed by atoms with Crippen molar-refractivity contribution in [2.75, 3.05) is 14.2 Å². The average Bonchev–Trinajstić information content (AvgIpc) is 3.21. The highest BCUT2D eigenvalue weighted by atomic mass is 32.1. The Labute approximate surface area is 137 Å². The number of nitrogens with zero attached hydrogens (tertiary/aromatic N) is 1. The monoisotopic (exact) mass is 330 g/mol. The molecule has 0 spiro atoms. The first-order chi connectivity index (χ1) is 11.1.